The van der Waals surface area contributed by atoms with Gasteiger partial charge in [-0.3, -0.25) is 4.79 Å². The highest BCUT2D eigenvalue weighted by molar-refractivity contribution is 9.10. The Morgan fingerprint density at radius 3 is 2.79 bits per heavy atom. The van der Waals surface area contributed by atoms with Gasteiger partial charge in [0.25, 0.3) is 5.56 Å². The third-order valence-electron chi connectivity index (χ3n) is 5.41. The van der Waals surface area contributed by atoms with Crippen molar-refractivity contribution in [3.8, 4) is 11.3 Å². The largest absolute Gasteiger partial charge is 0.465 e. The molecular formula is C25H22BrN3O4. The molecule has 0 fully saturated rings. The Morgan fingerprint density at radius 1 is 1.24 bits per heavy atom. The predicted molar refractivity (Wildman–Crippen MR) is 131 cm³/mol. The van der Waals surface area contributed by atoms with E-state index in [4.69, 9.17) is 14.1 Å². The summed E-state index contributed by atoms with van der Waals surface area (Å²) in [7, 11) is 1.34. The number of aromatic nitrogens is 2. The van der Waals surface area contributed by atoms with Crippen LogP contribution in [0.15, 0.2) is 73.4 Å². The van der Waals surface area contributed by atoms with Gasteiger partial charge in [0.1, 0.15) is 17.3 Å². The van der Waals surface area contributed by atoms with E-state index < -0.39 is 5.97 Å². The van der Waals surface area contributed by atoms with Crippen LogP contribution in [0.2, 0.25) is 0 Å². The summed E-state index contributed by atoms with van der Waals surface area (Å²) in [6, 6.07) is 15.9. The van der Waals surface area contributed by atoms with Crippen LogP contribution in [0.25, 0.3) is 22.2 Å². The lowest BCUT2D eigenvalue weighted by molar-refractivity contribution is 0.0601. The minimum atomic E-state index is -0.449. The number of benzene rings is 2. The van der Waals surface area contributed by atoms with Gasteiger partial charge in [-0.05, 0) is 42.8 Å². The maximum Gasteiger partial charge on any atom is 0.338 e. The molecule has 168 valence electrons. The Labute approximate surface area is 198 Å². The van der Waals surface area contributed by atoms with Crippen LogP contribution in [-0.4, -0.2) is 29.0 Å². The molecule has 0 aliphatic carbocycles. The highest BCUT2D eigenvalue weighted by Crippen LogP contribution is 2.26. The Kier molecular flexibility index (Phi) is 6.55. The van der Waals surface area contributed by atoms with Gasteiger partial charge in [0.15, 0.2) is 0 Å². The molecule has 0 aliphatic heterocycles. The number of rotatable bonds is 6. The smallest absolute Gasteiger partial charge is 0.338 e. The van der Waals surface area contributed by atoms with E-state index in [9.17, 15) is 9.59 Å². The van der Waals surface area contributed by atoms with E-state index in [2.05, 4.69) is 21.0 Å². The summed E-state index contributed by atoms with van der Waals surface area (Å²) in [5.74, 6) is 1.09. The molecule has 1 atom stereocenters. The molecule has 2 aromatic carbocycles. The molecule has 0 bridgehead atoms. The summed E-state index contributed by atoms with van der Waals surface area (Å²) in [6.45, 7) is 4.04. The number of carbonyl (C=O) groups is 1. The van der Waals surface area contributed by atoms with Gasteiger partial charge in [0, 0.05) is 16.0 Å². The standard InChI is InChI=1S/C25H22BrN3O4/c1-4-15(2)23-28-21-11-9-16(26)13-20(21)24(30)29(23)27-14-17-10-12-22(33-17)18-7-5-6-8-19(18)25(31)32-3/h5-15H,4H2,1-3H3/t15-/m1/s1. The Balaban J connectivity index is 1.76. The minimum absolute atomic E-state index is 0.0296. The Bertz CT molecular complexity index is 1420. The molecule has 0 aliphatic rings. The molecule has 8 heteroatoms. The van der Waals surface area contributed by atoms with E-state index in [0.717, 1.165) is 10.9 Å². The first-order valence-electron chi connectivity index (χ1n) is 10.5. The number of methoxy groups -OCH3 is 1. The molecule has 33 heavy (non-hydrogen) atoms. The van der Waals surface area contributed by atoms with Crippen LogP contribution in [0.5, 0.6) is 0 Å². The second-order valence-electron chi connectivity index (χ2n) is 7.54. The quantitative estimate of drug-likeness (QED) is 0.250. The number of hydrogen-bond acceptors (Lipinski definition) is 6. The molecule has 2 heterocycles. The van der Waals surface area contributed by atoms with Crippen molar-refractivity contribution in [1.82, 2.24) is 9.66 Å². The minimum Gasteiger partial charge on any atom is -0.465 e. The van der Waals surface area contributed by atoms with Crippen molar-refractivity contribution in [3.63, 3.8) is 0 Å². The van der Waals surface area contributed by atoms with Crippen LogP contribution in [0, 0.1) is 0 Å². The molecule has 4 aromatic rings. The molecule has 0 saturated carbocycles. The number of nitrogens with zero attached hydrogens (tertiary/aromatic N) is 3. The van der Waals surface area contributed by atoms with Gasteiger partial charge >= 0.3 is 5.97 Å². The summed E-state index contributed by atoms with van der Waals surface area (Å²) in [6.07, 6.45) is 2.28. The Hall–Kier alpha value is -3.52. The number of fused-ring (bicyclic) bond motifs is 1. The van der Waals surface area contributed by atoms with Gasteiger partial charge in [0.05, 0.1) is 29.8 Å². The number of hydrogen-bond donors (Lipinski definition) is 0. The zero-order chi connectivity index (χ0) is 23.5. The van der Waals surface area contributed by atoms with Crippen molar-refractivity contribution in [2.75, 3.05) is 7.11 Å². The molecule has 0 unspecified atom stereocenters. The number of ether oxygens (including phenoxy) is 1. The molecule has 7 nitrogen and oxygen atoms in total. The first kappa shape index (κ1) is 22.7. The highest BCUT2D eigenvalue weighted by atomic mass is 79.9. The molecule has 4 rings (SSSR count). The molecular weight excluding hydrogens is 486 g/mol. The normalized spacial score (nSPS) is 12.4. The van der Waals surface area contributed by atoms with Crippen molar-refractivity contribution in [1.29, 1.82) is 0 Å². The maximum atomic E-state index is 13.2. The van der Waals surface area contributed by atoms with E-state index in [-0.39, 0.29) is 11.5 Å². The number of carbonyl (C=O) groups excluding carboxylic acids is 1. The van der Waals surface area contributed by atoms with Gasteiger partial charge in [-0.25, -0.2) is 9.78 Å². The third kappa shape index (κ3) is 4.52. The van der Waals surface area contributed by atoms with Gasteiger partial charge in [-0.2, -0.15) is 9.78 Å². The van der Waals surface area contributed by atoms with Crippen LogP contribution < -0.4 is 5.56 Å². The van der Waals surface area contributed by atoms with Gasteiger partial charge in [-0.1, -0.05) is 48.0 Å². The first-order chi connectivity index (χ1) is 15.9. The number of halogens is 1. The van der Waals surface area contributed by atoms with Gasteiger partial charge in [-0.15, -0.1) is 0 Å². The fourth-order valence-electron chi connectivity index (χ4n) is 3.45. The van der Waals surface area contributed by atoms with E-state index >= 15 is 0 Å². The molecule has 2 aromatic heterocycles. The van der Waals surface area contributed by atoms with E-state index in [0.29, 0.717) is 39.4 Å². The van der Waals surface area contributed by atoms with Crippen LogP contribution in [-0.2, 0) is 4.74 Å². The molecule has 0 radical (unpaired) electrons. The lowest BCUT2D eigenvalue weighted by atomic mass is 10.1. The average Bonchev–Trinajstić information content (AvgIpc) is 3.31. The number of furan rings is 1. The number of esters is 1. The monoisotopic (exact) mass is 507 g/mol. The van der Waals surface area contributed by atoms with E-state index in [1.165, 1.54) is 18.0 Å². The molecule has 0 N–H and O–H groups in total. The van der Waals surface area contributed by atoms with Crippen molar-refractivity contribution in [2.45, 2.75) is 26.2 Å². The lowest BCUT2D eigenvalue weighted by Gasteiger charge is -2.13. The maximum absolute atomic E-state index is 13.2. The third-order valence-corrected chi connectivity index (χ3v) is 5.90. The van der Waals surface area contributed by atoms with Crippen LogP contribution in [0.4, 0.5) is 0 Å². The first-order valence-corrected chi connectivity index (χ1v) is 11.3. The predicted octanol–water partition coefficient (Wildman–Crippen LogP) is 5.60. The van der Waals surface area contributed by atoms with Crippen molar-refractivity contribution < 1.29 is 13.9 Å². The summed E-state index contributed by atoms with van der Waals surface area (Å²) in [4.78, 5) is 30.0. The summed E-state index contributed by atoms with van der Waals surface area (Å²) >= 11 is 3.41. The zero-order valence-corrected chi connectivity index (χ0v) is 20.0. The van der Waals surface area contributed by atoms with Crippen molar-refractivity contribution >= 4 is 39.0 Å². The molecule has 0 amide bonds. The SMILES string of the molecule is CC[C@@H](C)c1nc2ccc(Br)cc2c(=O)n1N=Cc1ccc(-c2ccccc2C(=O)OC)o1. The zero-order valence-electron chi connectivity index (χ0n) is 18.4. The van der Waals surface area contributed by atoms with E-state index in [1.54, 1.807) is 36.4 Å². The molecule has 0 saturated heterocycles. The summed E-state index contributed by atoms with van der Waals surface area (Å²) < 4.78 is 12.9. The van der Waals surface area contributed by atoms with Crippen LogP contribution in [0.1, 0.15) is 48.1 Å². The highest BCUT2D eigenvalue weighted by Gasteiger charge is 2.17. The second kappa shape index (κ2) is 9.54. The fraction of sp³-hybridized carbons (Fsp3) is 0.200. The lowest BCUT2D eigenvalue weighted by Crippen LogP contribution is -2.23. The van der Waals surface area contributed by atoms with Crippen molar-refractivity contribution in [3.05, 3.63) is 86.6 Å². The van der Waals surface area contributed by atoms with Gasteiger partial charge < -0.3 is 9.15 Å². The molecule has 0 spiro atoms. The fourth-order valence-corrected chi connectivity index (χ4v) is 3.81. The summed E-state index contributed by atoms with van der Waals surface area (Å²) in [5, 5.41) is 4.89. The van der Waals surface area contributed by atoms with Crippen molar-refractivity contribution in [2.24, 2.45) is 5.10 Å². The average molecular weight is 508 g/mol. The van der Waals surface area contributed by atoms with Crippen LogP contribution in [0.3, 0.4) is 0 Å². The Morgan fingerprint density at radius 2 is 2.03 bits per heavy atom. The van der Waals surface area contributed by atoms with Crippen LogP contribution >= 0.6 is 15.9 Å². The van der Waals surface area contributed by atoms with E-state index in [1.807, 2.05) is 32.0 Å². The topological polar surface area (TPSA) is 86.7 Å². The second-order valence-corrected chi connectivity index (χ2v) is 8.46. The van der Waals surface area contributed by atoms with Gasteiger partial charge in [0.2, 0.25) is 0 Å². The summed E-state index contributed by atoms with van der Waals surface area (Å²) in [5.41, 5.74) is 1.39.